The summed E-state index contributed by atoms with van der Waals surface area (Å²) in [5, 5.41) is 10.9. The Hall–Kier alpha value is -0.470. The molecule has 0 saturated heterocycles. The zero-order valence-electron chi connectivity index (χ0n) is 4.90. The van der Waals surface area contributed by atoms with Gasteiger partial charge < -0.3 is 5.11 Å². The fourth-order valence-electron chi connectivity index (χ4n) is 0.504. The summed E-state index contributed by atoms with van der Waals surface area (Å²) in [5.74, 6) is 0. The molecular formula is C7H8OS. The van der Waals surface area contributed by atoms with Gasteiger partial charge in [-0.3, -0.25) is 0 Å². The molecule has 0 bridgehead atoms. The van der Waals surface area contributed by atoms with Crippen molar-refractivity contribution in [2.75, 3.05) is 0 Å². The highest BCUT2D eigenvalue weighted by Crippen LogP contribution is 2.11. The van der Waals surface area contributed by atoms with E-state index >= 15 is 0 Å². The standard InChI is InChI=1S/C7H8OS/c8-7-5-3-1-2-4-6-9-7/h1-8H/b2-1-,5-3-,6-4-. The average molecular weight is 140 g/mol. The Labute approximate surface area is 58.8 Å². The van der Waals surface area contributed by atoms with Gasteiger partial charge in [-0.2, -0.15) is 0 Å². The minimum absolute atomic E-state index is 0.383. The van der Waals surface area contributed by atoms with Crippen molar-refractivity contribution in [1.82, 2.24) is 0 Å². The second-order valence-corrected chi connectivity index (χ2v) is 2.65. The van der Waals surface area contributed by atoms with Crippen LogP contribution in [0.15, 0.2) is 35.8 Å². The minimum Gasteiger partial charge on any atom is -0.378 e. The van der Waals surface area contributed by atoms with Gasteiger partial charge in [-0.25, -0.2) is 0 Å². The van der Waals surface area contributed by atoms with Gasteiger partial charge in [-0.1, -0.05) is 36.1 Å². The second kappa shape index (κ2) is 3.54. The van der Waals surface area contributed by atoms with Crippen molar-refractivity contribution < 1.29 is 5.11 Å². The molecule has 9 heavy (non-hydrogen) atoms. The van der Waals surface area contributed by atoms with Gasteiger partial charge in [0.1, 0.15) is 5.44 Å². The summed E-state index contributed by atoms with van der Waals surface area (Å²) in [5.41, 5.74) is -0.383. The summed E-state index contributed by atoms with van der Waals surface area (Å²) < 4.78 is 0. The van der Waals surface area contributed by atoms with E-state index in [1.54, 1.807) is 6.08 Å². The van der Waals surface area contributed by atoms with Crippen molar-refractivity contribution in [3.8, 4) is 0 Å². The van der Waals surface area contributed by atoms with Crippen molar-refractivity contribution in [2.45, 2.75) is 5.44 Å². The highest BCUT2D eigenvalue weighted by Gasteiger charge is 1.93. The van der Waals surface area contributed by atoms with Crippen molar-refractivity contribution in [3.63, 3.8) is 0 Å². The molecule has 0 spiro atoms. The van der Waals surface area contributed by atoms with E-state index in [4.69, 9.17) is 5.11 Å². The van der Waals surface area contributed by atoms with Crippen LogP contribution in [0, 0.1) is 0 Å². The van der Waals surface area contributed by atoms with Crippen LogP contribution in [0.25, 0.3) is 0 Å². The second-order valence-electron chi connectivity index (χ2n) is 1.62. The first kappa shape index (κ1) is 6.65. The summed E-state index contributed by atoms with van der Waals surface area (Å²) in [6.07, 6.45) is 9.29. The summed E-state index contributed by atoms with van der Waals surface area (Å²) in [4.78, 5) is 0. The van der Waals surface area contributed by atoms with Crippen LogP contribution >= 0.6 is 11.8 Å². The molecule has 0 aliphatic carbocycles. The molecule has 0 radical (unpaired) electrons. The van der Waals surface area contributed by atoms with E-state index in [9.17, 15) is 0 Å². The molecule has 1 unspecified atom stereocenters. The first-order chi connectivity index (χ1) is 4.39. The molecule has 0 aromatic rings. The topological polar surface area (TPSA) is 20.2 Å². The van der Waals surface area contributed by atoms with Gasteiger partial charge in [0.25, 0.3) is 0 Å². The lowest BCUT2D eigenvalue weighted by atomic mass is 10.4. The maximum absolute atomic E-state index is 9.01. The zero-order chi connectivity index (χ0) is 6.53. The third-order valence-corrected chi connectivity index (χ3v) is 1.66. The van der Waals surface area contributed by atoms with Gasteiger partial charge in [-0.05, 0) is 11.5 Å². The summed E-state index contributed by atoms with van der Waals surface area (Å²) in [6, 6.07) is 0. The lowest BCUT2D eigenvalue weighted by molar-refractivity contribution is 0.310. The Kier molecular flexibility index (Phi) is 2.61. The normalized spacial score (nSPS) is 36.3. The first-order valence-electron chi connectivity index (χ1n) is 2.73. The number of hydrogen-bond donors (Lipinski definition) is 1. The number of aliphatic hydroxyl groups is 1. The van der Waals surface area contributed by atoms with Crippen LogP contribution in [-0.4, -0.2) is 10.5 Å². The summed E-state index contributed by atoms with van der Waals surface area (Å²) in [7, 11) is 0. The van der Waals surface area contributed by atoms with Crippen LogP contribution in [0.3, 0.4) is 0 Å². The fourth-order valence-corrected chi connectivity index (χ4v) is 1.03. The molecule has 0 amide bonds. The van der Waals surface area contributed by atoms with Gasteiger partial charge in [0.15, 0.2) is 0 Å². The van der Waals surface area contributed by atoms with E-state index < -0.39 is 0 Å². The van der Waals surface area contributed by atoms with Crippen LogP contribution in [0.4, 0.5) is 0 Å². The van der Waals surface area contributed by atoms with Crippen molar-refractivity contribution in [2.24, 2.45) is 0 Å². The molecule has 0 aromatic carbocycles. The minimum atomic E-state index is -0.383. The van der Waals surface area contributed by atoms with Gasteiger partial charge in [0.2, 0.25) is 0 Å². The van der Waals surface area contributed by atoms with Crippen LogP contribution in [0.5, 0.6) is 0 Å². The fraction of sp³-hybridized carbons (Fsp3) is 0.143. The molecule has 0 aromatic heterocycles. The monoisotopic (exact) mass is 140 g/mol. The lowest BCUT2D eigenvalue weighted by Gasteiger charge is -1.99. The van der Waals surface area contributed by atoms with Crippen molar-refractivity contribution in [3.05, 3.63) is 35.8 Å². The highest BCUT2D eigenvalue weighted by molar-refractivity contribution is 8.02. The Balaban J connectivity index is 2.59. The number of allylic oxidation sites excluding steroid dienone is 4. The molecular weight excluding hydrogens is 132 g/mol. The smallest absolute Gasteiger partial charge is 0.122 e. The molecule has 1 heterocycles. The van der Waals surface area contributed by atoms with Gasteiger partial charge in [-0.15, -0.1) is 0 Å². The molecule has 1 N–H and O–H groups in total. The average Bonchev–Trinajstić information content (AvgIpc) is 1.79. The molecule has 0 fully saturated rings. The molecule has 0 saturated carbocycles. The van der Waals surface area contributed by atoms with Gasteiger partial charge >= 0.3 is 0 Å². The first-order valence-corrected chi connectivity index (χ1v) is 3.67. The Morgan fingerprint density at radius 1 is 1.11 bits per heavy atom. The van der Waals surface area contributed by atoms with E-state index in [0.717, 1.165) is 0 Å². The third-order valence-electron chi connectivity index (χ3n) is 0.906. The number of aliphatic hydroxyl groups excluding tert-OH is 1. The number of rotatable bonds is 0. The van der Waals surface area contributed by atoms with E-state index in [-0.39, 0.29) is 5.44 Å². The Morgan fingerprint density at radius 3 is 2.78 bits per heavy atom. The number of hydrogen-bond acceptors (Lipinski definition) is 2. The largest absolute Gasteiger partial charge is 0.378 e. The maximum Gasteiger partial charge on any atom is 0.122 e. The zero-order valence-corrected chi connectivity index (χ0v) is 5.71. The van der Waals surface area contributed by atoms with E-state index in [2.05, 4.69) is 0 Å². The van der Waals surface area contributed by atoms with E-state index in [1.807, 2.05) is 29.7 Å². The molecule has 1 atom stereocenters. The molecule has 1 rings (SSSR count). The Bertz CT molecular complexity index is 158. The van der Waals surface area contributed by atoms with Crippen LogP contribution in [-0.2, 0) is 0 Å². The quantitative estimate of drug-likeness (QED) is 0.552. The van der Waals surface area contributed by atoms with Crippen molar-refractivity contribution in [1.29, 1.82) is 0 Å². The summed E-state index contributed by atoms with van der Waals surface area (Å²) >= 11 is 1.39. The van der Waals surface area contributed by atoms with Gasteiger partial charge in [0.05, 0.1) is 0 Å². The van der Waals surface area contributed by atoms with Crippen LogP contribution in [0.1, 0.15) is 0 Å². The highest BCUT2D eigenvalue weighted by atomic mass is 32.2. The number of thioether (sulfide) groups is 1. The van der Waals surface area contributed by atoms with Crippen molar-refractivity contribution >= 4 is 11.8 Å². The molecule has 1 aliphatic rings. The molecule has 1 aliphatic heterocycles. The van der Waals surface area contributed by atoms with Crippen LogP contribution < -0.4 is 0 Å². The Morgan fingerprint density at radius 2 is 1.89 bits per heavy atom. The van der Waals surface area contributed by atoms with E-state index in [1.165, 1.54) is 11.8 Å². The molecule has 48 valence electrons. The summed E-state index contributed by atoms with van der Waals surface area (Å²) in [6.45, 7) is 0. The molecule has 1 nitrogen and oxygen atoms in total. The van der Waals surface area contributed by atoms with Crippen LogP contribution in [0.2, 0.25) is 0 Å². The molecule has 2 heteroatoms. The maximum atomic E-state index is 9.01. The third kappa shape index (κ3) is 2.54. The predicted octanol–water partition coefficient (Wildman–Crippen LogP) is 1.68. The SMILES string of the molecule is OC1\C=C/C=C\C=C/S1. The predicted molar refractivity (Wildman–Crippen MR) is 41.0 cm³/mol. The van der Waals surface area contributed by atoms with E-state index in [0.29, 0.717) is 0 Å². The van der Waals surface area contributed by atoms with Gasteiger partial charge in [0, 0.05) is 0 Å². The lowest BCUT2D eigenvalue weighted by Crippen LogP contribution is -1.91.